The summed E-state index contributed by atoms with van der Waals surface area (Å²) in [7, 11) is -4.45. The Balaban J connectivity index is 1.98. The highest BCUT2D eigenvalue weighted by Crippen LogP contribution is 2.37. The van der Waals surface area contributed by atoms with Gasteiger partial charge in [-0.1, -0.05) is 23.2 Å². The van der Waals surface area contributed by atoms with Gasteiger partial charge in [0.25, 0.3) is 10.0 Å². The molecule has 0 saturated heterocycles. The summed E-state index contributed by atoms with van der Waals surface area (Å²) in [6.45, 7) is 0. The molecule has 152 valence electrons. The van der Waals surface area contributed by atoms with Gasteiger partial charge in [-0.25, -0.2) is 13.4 Å². The molecule has 0 atom stereocenters. The lowest BCUT2D eigenvalue weighted by Gasteiger charge is -2.14. The van der Waals surface area contributed by atoms with E-state index in [1.165, 1.54) is 24.7 Å². The summed E-state index contributed by atoms with van der Waals surface area (Å²) < 4.78 is 72.1. The molecule has 2 aromatic heterocycles. The summed E-state index contributed by atoms with van der Waals surface area (Å²) >= 11 is 11.4. The molecule has 0 bridgehead atoms. The Labute approximate surface area is 173 Å². The van der Waals surface area contributed by atoms with Gasteiger partial charge >= 0.3 is 6.18 Å². The Bertz CT molecular complexity index is 1140. The third-order valence-electron chi connectivity index (χ3n) is 3.46. The van der Waals surface area contributed by atoms with Crippen LogP contribution in [0, 0.1) is 0 Å². The topological polar surface area (TPSA) is 81.2 Å². The molecule has 0 spiro atoms. The van der Waals surface area contributed by atoms with Gasteiger partial charge in [0.05, 0.1) is 26.7 Å². The van der Waals surface area contributed by atoms with Crippen LogP contribution >= 0.6 is 23.2 Å². The quantitative estimate of drug-likeness (QED) is 0.547. The van der Waals surface area contributed by atoms with E-state index < -0.39 is 31.7 Å². The van der Waals surface area contributed by atoms with E-state index in [2.05, 4.69) is 14.7 Å². The van der Waals surface area contributed by atoms with Crippen molar-refractivity contribution in [3.05, 3.63) is 70.6 Å². The highest BCUT2D eigenvalue weighted by molar-refractivity contribution is 7.92. The van der Waals surface area contributed by atoms with E-state index in [-0.39, 0.29) is 22.3 Å². The van der Waals surface area contributed by atoms with Crippen LogP contribution in [-0.2, 0) is 16.2 Å². The van der Waals surface area contributed by atoms with Gasteiger partial charge in [-0.15, -0.1) is 0 Å². The van der Waals surface area contributed by atoms with Crippen LogP contribution in [0.15, 0.2) is 59.9 Å². The smallest absolute Gasteiger partial charge is 0.417 e. The van der Waals surface area contributed by atoms with Gasteiger partial charge in [0.2, 0.25) is 5.88 Å². The highest BCUT2D eigenvalue weighted by atomic mass is 35.5. The standard InChI is InChI=1S/C17H10Cl2F3N3O3S/c18-10-6-15(16(24-8-10)28-11-2-1-5-23-9-11)25-29(26,27)12-3-4-14(19)13(7-12)17(20,21)22/h1-9,25H. The third-order valence-corrected chi connectivity index (χ3v) is 5.36. The van der Waals surface area contributed by atoms with Gasteiger partial charge in [-0.2, -0.15) is 13.2 Å². The van der Waals surface area contributed by atoms with Crippen molar-refractivity contribution in [1.82, 2.24) is 9.97 Å². The van der Waals surface area contributed by atoms with E-state index in [0.717, 1.165) is 12.1 Å². The predicted octanol–water partition coefficient (Wildman–Crippen LogP) is 5.40. The molecule has 0 fully saturated rings. The second kappa shape index (κ2) is 8.05. The maximum atomic E-state index is 13.1. The van der Waals surface area contributed by atoms with Crippen LogP contribution in [0.25, 0.3) is 0 Å². The largest absolute Gasteiger partial charge is 0.435 e. The zero-order valence-electron chi connectivity index (χ0n) is 14.1. The molecule has 0 saturated carbocycles. The molecule has 1 N–H and O–H groups in total. The van der Waals surface area contributed by atoms with Crippen LogP contribution in [-0.4, -0.2) is 18.4 Å². The maximum absolute atomic E-state index is 13.1. The number of pyridine rings is 2. The van der Waals surface area contributed by atoms with Crippen LogP contribution < -0.4 is 9.46 Å². The molecule has 3 aromatic rings. The van der Waals surface area contributed by atoms with Crippen LogP contribution in [0.5, 0.6) is 11.6 Å². The number of benzene rings is 1. The van der Waals surface area contributed by atoms with Crippen LogP contribution in [0.1, 0.15) is 5.56 Å². The molecular formula is C17H10Cl2F3N3O3S. The predicted molar refractivity (Wildman–Crippen MR) is 101 cm³/mol. The summed E-state index contributed by atoms with van der Waals surface area (Å²) in [5, 5.41) is -0.546. The normalized spacial score (nSPS) is 11.9. The minimum atomic E-state index is -4.82. The lowest BCUT2D eigenvalue weighted by atomic mass is 10.2. The van der Waals surface area contributed by atoms with Crippen molar-refractivity contribution in [2.75, 3.05) is 4.72 Å². The van der Waals surface area contributed by atoms with E-state index in [9.17, 15) is 21.6 Å². The van der Waals surface area contributed by atoms with Gasteiger partial charge in [0.15, 0.2) is 0 Å². The zero-order chi connectivity index (χ0) is 21.2. The number of hydrogen-bond acceptors (Lipinski definition) is 5. The van der Waals surface area contributed by atoms with Gasteiger partial charge in [0, 0.05) is 12.4 Å². The number of sulfonamides is 1. The number of alkyl halides is 3. The van der Waals surface area contributed by atoms with Crippen LogP contribution in [0.3, 0.4) is 0 Å². The lowest BCUT2D eigenvalue weighted by Crippen LogP contribution is -2.15. The fraction of sp³-hybridized carbons (Fsp3) is 0.0588. The molecule has 3 rings (SSSR count). The number of rotatable bonds is 5. The Morgan fingerprint density at radius 3 is 2.48 bits per heavy atom. The summed E-state index contributed by atoms with van der Waals surface area (Å²) in [4.78, 5) is 7.12. The van der Waals surface area contributed by atoms with Crippen molar-refractivity contribution in [3.8, 4) is 11.6 Å². The van der Waals surface area contributed by atoms with Gasteiger partial charge in [-0.05, 0) is 36.4 Å². The van der Waals surface area contributed by atoms with Crippen molar-refractivity contribution < 1.29 is 26.3 Å². The Kier molecular flexibility index (Phi) is 5.87. The van der Waals surface area contributed by atoms with E-state index >= 15 is 0 Å². The molecule has 6 nitrogen and oxygen atoms in total. The summed E-state index contributed by atoms with van der Waals surface area (Å²) in [6, 6.07) is 6.57. The van der Waals surface area contributed by atoms with Gasteiger partial charge < -0.3 is 4.74 Å². The lowest BCUT2D eigenvalue weighted by molar-refractivity contribution is -0.137. The second-order valence-corrected chi connectivity index (χ2v) is 8.07. The number of anilines is 1. The Morgan fingerprint density at radius 2 is 1.83 bits per heavy atom. The fourth-order valence-corrected chi connectivity index (χ4v) is 3.65. The van der Waals surface area contributed by atoms with Crippen molar-refractivity contribution in [2.24, 2.45) is 0 Å². The van der Waals surface area contributed by atoms with Gasteiger partial charge in [0.1, 0.15) is 11.4 Å². The van der Waals surface area contributed by atoms with Gasteiger partial charge in [-0.3, -0.25) is 9.71 Å². The second-order valence-electron chi connectivity index (χ2n) is 5.54. The number of nitrogens with zero attached hydrogens (tertiary/aromatic N) is 2. The first-order valence-corrected chi connectivity index (χ1v) is 9.93. The number of halogens is 5. The molecule has 29 heavy (non-hydrogen) atoms. The Hall–Kier alpha value is -2.56. The number of hydrogen-bond donors (Lipinski definition) is 1. The summed E-state index contributed by atoms with van der Waals surface area (Å²) in [5.41, 5.74) is -1.46. The monoisotopic (exact) mass is 463 g/mol. The number of aromatic nitrogens is 2. The molecule has 0 aliphatic rings. The molecule has 0 aliphatic heterocycles. The molecule has 0 aliphatic carbocycles. The minimum Gasteiger partial charge on any atom is -0.435 e. The minimum absolute atomic E-state index is 0.0772. The maximum Gasteiger partial charge on any atom is 0.417 e. The van der Waals surface area contributed by atoms with Crippen molar-refractivity contribution in [1.29, 1.82) is 0 Å². The highest BCUT2D eigenvalue weighted by Gasteiger charge is 2.34. The van der Waals surface area contributed by atoms with E-state index in [0.29, 0.717) is 6.07 Å². The van der Waals surface area contributed by atoms with E-state index in [1.54, 1.807) is 12.1 Å². The first kappa shape index (κ1) is 21.2. The van der Waals surface area contributed by atoms with Crippen molar-refractivity contribution in [3.63, 3.8) is 0 Å². The summed E-state index contributed by atoms with van der Waals surface area (Å²) in [6.07, 6.45) is -0.738. The molecule has 0 amide bonds. The van der Waals surface area contributed by atoms with Crippen LogP contribution in [0.4, 0.5) is 18.9 Å². The molecular weight excluding hydrogens is 454 g/mol. The molecule has 0 unspecified atom stereocenters. The van der Waals surface area contributed by atoms with Crippen LogP contribution in [0.2, 0.25) is 10.0 Å². The van der Waals surface area contributed by atoms with Crippen molar-refractivity contribution in [2.45, 2.75) is 11.1 Å². The first-order chi connectivity index (χ1) is 13.6. The van der Waals surface area contributed by atoms with E-state index in [1.807, 2.05) is 0 Å². The summed E-state index contributed by atoms with van der Waals surface area (Å²) in [5.74, 6) is 0.0876. The van der Waals surface area contributed by atoms with E-state index in [4.69, 9.17) is 27.9 Å². The molecule has 0 radical (unpaired) electrons. The number of nitrogens with one attached hydrogen (secondary N) is 1. The average Bonchev–Trinajstić information content (AvgIpc) is 2.64. The number of ether oxygens (including phenoxy) is 1. The molecule has 1 aromatic carbocycles. The average molecular weight is 464 g/mol. The fourth-order valence-electron chi connectivity index (χ4n) is 2.19. The molecule has 12 heteroatoms. The third kappa shape index (κ3) is 5.08. The zero-order valence-corrected chi connectivity index (χ0v) is 16.4. The van der Waals surface area contributed by atoms with Crippen molar-refractivity contribution >= 4 is 38.9 Å². The molecule has 2 heterocycles. The SMILES string of the molecule is O=S(=O)(Nc1cc(Cl)cnc1Oc1cccnc1)c1ccc(Cl)c(C(F)(F)F)c1. The Morgan fingerprint density at radius 1 is 1.07 bits per heavy atom. The first-order valence-electron chi connectivity index (χ1n) is 7.69.